The number of halogens is 1. The van der Waals surface area contributed by atoms with Gasteiger partial charge < -0.3 is 14.8 Å². The maximum absolute atomic E-state index is 11.5. The summed E-state index contributed by atoms with van der Waals surface area (Å²) in [6.45, 7) is 5.32. The van der Waals surface area contributed by atoms with Crippen LogP contribution in [-0.4, -0.2) is 27.8 Å². The molecule has 0 bridgehead atoms. The van der Waals surface area contributed by atoms with Crippen molar-refractivity contribution in [1.29, 1.82) is 0 Å². The zero-order valence-electron chi connectivity index (χ0n) is 9.63. The lowest BCUT2D eigenvalue weighted by atomic mass is 10.2. The molecular formula is C10H16INO4. The molecule has 0 aromatic heterocycles. The third-order valence-corrected chi connectivity index (χ3v) is 2.38. The molecule has 1 aliphatic rings. The quantitative estimate of drug-likeness (QED) is 0.484. The zero-order chi connectivity index (χ0) is 12.4. The molecule has 1 rings (SSSR count). The van der Waals surface area contributed by atoms with Crippen molar-refractivity contribution in [3.05, 3.63) is 0 Å². The van der Waals surface area contributed by atoms with E-state index in [2.05, 4.69) is 5.32 Å². The van der Waals surface area contributed by atoms with Crippen molar-refractivity contribution in [2.24, 2.45) is 0 Å². The Morgan fingerprint density at radius 3 is 2.31 bits per heavy atom. The molecular weight excluding hydrogens is 325 g/mol. The van der Waals surface area contributed by atoms with Crippen LogP contribution in [0.25, 0.3) is 0 Å². The molecule has 0 heterocycles. The number of carbonyl (C=O) groups is 2. The molecule has 1 amide bonds. The molecule has 1 saturated carbocycles. The second kappa shape index (κ2) is 4.77. The second-order valence-corrected chi connectivity index (χ2v) is 5.37. The van der Waals surface area contributed by atoms with Gasteiger partial charge in [-0.05, 0) is 56.2 Å². The standard InChI is InChI=1S/C10H16INO4/c1-9(2,3)16-8(14)12-10(4-5-10)7(13)15-6-11/h4-6H2,1-3H3,(H,12,14). The van der Waals surface area contributed by atoms with Crippen LogP contribution < -0.4 is 5.32 Å². The van der Waals surface area contributed by atoms with Gasteiger partial charge in [0.2, 0.25) is 0 Å². The van der Waals surface area contributed by atoms with Gasteiger partial charge in [-0.1, -0.05) is 0 Å². The maximum atomic E-state index is 11.5. The highest BCUT2D eigenvalue weighted by Crippen LogP contribution is 2.37. The van der Waals surface area contributed by atoms with Crippen LogP contribution >= 0.6 is 22.6 Å². The number of hydrogen-bond donors (Lipinski definition) is 1. The minimum atomic E-state index is -0.840. The Balaban J connectivity index is 2.48. The third-order valence-electron chi connectivity index (χ3n) is 2.07. The Bertz CT molecular complexity index is 294. The number of alkyl halides is 1. The summed E-state index contributed by atoms with van der Waals surface area (Å²) in [6, 6.07) is 0. The van der Waals surface area contributed by atoms with Gasteiger partial charge in [0, 0.05) is 0 Å². The number of carbonyl (C=O) groups excluding carboxylic acids is 2. The summed E-state index contributed by atoms with van der Waals surface area (Å²) in [5, 5.41) is 2.57. The first kappa shape index (κ1) is 13.5. The van der Waals surface area contributed by atoms with E-state index in [-0.39, 0.29) is 10.6 Å². The topological polar surface area (TPSA) is 64.6 Å². The summed E-state index contributed by atoms with van der Waals surface area (Å²) in [5.41, 5.74) is -1.40. The number of rotatable bonds is 3. The molecule has 0 radical (unpaired) electrons. The fourth-order valence-electron chi connectivity index (χ4n) is 1.19. The number of esters is 1. The Labute approximate surface area is 108 Å². The highest BCUT2D eigenvalue weighted by atomic mass is 127. The van der Waals surface area contributed by atoms with E-state index in [1.54, 1.807) is 20.8 Å². The highest BCUT2D eigenvalue weighted by Gasteiger charge is 2.53. The molecule has 0 unspecified atom stereocenters. The number of amides is 1. The van der Waals surface area contributed by atoms with Crippen molar-refractivity contribution in [2.75, 3.05) is 4.61 Å². The molecule has 1 N–H and O–H groups in total. The summed E-state index contributed by atoms with van der Waals surface area (Å²) < 4.78 is 10.2. The van der Waals surface area contributed by atoms with Crippen LogP contribution in [0.1, 0.15) is 33.6 Å². The molecule has 0 atom stereocenters. The first-order valence-electron chi connectivity index (χ1n) is 5.03. The molecule has 0 saturated heterocycles. The van der Waals surface area contributed by atoms with Crippen molar-refractivity contribution in [3.8, 4) is 0 Å². The summed E-state index contributed by atoms with van der Waals surface area (Å²) in [4.78, 5) is 23.0. The fourth-order valence-corrected chi connectivity index (χ4v) is 1.47. The van der Waals surface area contributed by atoms with Crippen LogP contribution in [-0.2, 0) is 14.3 Å². The van der Waals surface area contributed by atoms with Gasteiger partial charge in [0.25, 0.3) is 0 Å². The molecule has 92 valence electrons. The number of ether oxygens (including phenoxy) is 2. The lowest BCUT2D eigenvalue weighted by Crippen LogP contribution is -2.46. The van der Waals surface area contributed by atoms with Gasteiger partial charge in [-0.15, -0.1) is 0 Å². The van der Waals surface area contributed by atoms with Crippen molar-refractivity contribution in [3.63, 3.8) is 0 Å². The molecule has 0 aromatic rings. The van der Waals surface area contributed by atoms with Gasteiger partial charge in [-0.25, -0.2) is 9.59 Å². The Kier molecular flexibility index (Phi) is 4.03. The zero-order valence-corrected chi connectivity index (χ0v) is 11.8. The maximum Gasteiger partial charge on any atom is 0.408 e. The van der Waals surface area contributed by atoms with Crippen molar-refractivity contribution in [2.45, 2.75) is 44.8 Å². The fraction of sp³-hybridized carbons (Fsp3) is 0.800. The first-order chi connectivity index (χ1) is 7.29. The first-order valence-corrected chi connectivity index (χ1v) is 6.56. The van der Waals surface area contributed by atoms with Crippen molar-refractivity contribution in [1.82, 2.24) is 5.32 Å². The van der Waals surface area contributed by atoms with E-state index in [0.717, 1.165) is 0 Å². The lowest BCUT2D eigenvalue weighted by Gasteiger charge is -2.22. The van der Waals surface area contributed by atoms with Gasteiger partial charge in [0.1, 0.15) is 15.8 Å². The molecule has 16 heavy (non-hydrogen) atoms. The van der Waals surface area contributed by atoms with E-state index in [1.807, 2.05) is 22.6 Å². The van der Waals surface area contributed by atoms with Crippen LogP contribution in [0.4, 0.5) is 4.79 Å². The highest BCUT2D eigenvalue weighted by molar-refractivity contribution is 14.1. The molecule has 1 aliphatic carbocycles. The SMILES string of the molecule is CC(C)(C)OC(=O)NC1(C(=O)OCI)CC1. The Morgan fingerprint density at radius 1 is 1.38 bits per heavy atom. The summed E-state index contributed by atoms with van der Waals surface area (Å²) in [7, 11) is 0. The van der Waals surface area contributed by atoms with Crippen molar-refractivity contribution >= 4 is 34.7 Å². The Hall–Kier alpha value is -0.530. The van der Waals surface area contributed by atoms with Crippen LogP contribution in [0.15, 0.2) is 0 Å². The monoisotopic (exact) mass is 341 g/mol. The number of hydrogen-bond acceptors (Lipinski definition) is 4. The summed E-state index contributed by atoms with van der Waals surface area (Å²) in [6.07, 6.45) is 0.652. The minimum Gasteiger partial charge on any atom is -0.453 e. The van der Waals surface area contributed by atoms with Gasteiger partial charge in [-0.3, -0.25) is 0 Å². The summed E-state index contributed by atoms with van der Waals surface area (Å²) in [5.74, 6) is -0.382. The average Bonchev–Trinajstić information content (AvgIpc) is 2.82. The van der Waals surface area contributed by atoms with Crippen LogP contribution in [0.5, 0.6) is 0 Å². The van der Waals surface area contributed by atoms with Gasteiger partial charge >= 0.3 is 12.1 Å². The van der Waals surface area contributed by atoms with E-state index in [4.69, 9.17) is 9.47 Å². The Morgan fingerprint density at radius 2 is 1.94 bits per heavy atom. The predicted octanol–water partition coefficient (Wildman–Crippen LogP) is 1.98. The predicted molar refractivity (Wildman–Crippen MR) is 66.3 cm³/mol. The third kappa shape index (κ3) is 3.80. The number of alkyl carbamates (subject to hydrolysis) is 1. The average molecular weight is 341 g/mol. The van der Waals surface area contributed by atoms with Crippen molar-refractivity contribution < 1.29 is 19.1 Å². The van der Waals surface area contributed by atoms with E-state index in [0.29, 0.717) is 12.8 Å². The van der Waals surface area contributed by atoms with E-state index < -0.39 is 17.2 Å². The summed E-state index contributed by atoms with van der Waals surface area (Å²) >= 11 is 1.94. The molecule has 5 nitrogen and oxygen atoms in total. The van der Waals surface area contributed by atoms with Gasteiger partial charge in [0.05, 0.1) is 0 Å². The minimum absolute atomic E-state index is 0.286. The largest absolute Gasteiger partial charge is 0.453 e. The van der Waals surface area contributed by atoms with E-state index in [1.165, 1.54) is 0 Å². The molecule has 1 fully saturated rings. The smallest absolute Gasteiger partial charge is 0.408 e. The molecule has 0 spiro atoms. The molecule has 6 heteroatoms. The van der Waals surface area contributed by atoms with E-state index in [9.17, 15) is 9.59 Å². The van der Waals surface area contributed by atoms with E-state index >= 15 is 0 Å². The normalized spacial score (nSPS) is 17.5. The molecule has 0 aliphatic heterocycles. The van der Waals surface area contributed by atoms with Crippen LogP contribution in [0.2, 0.25) is 0 Å². The lowest BCUT2D eigenvalue weighted by molar-refractivity contribution is -0.144. The van der Waals surface area contributed by atoms with Crippen LogP contribution in [0, 0.1) is 0 Å². The number of nitrogens with one attached hydrogen (secondary N) is 1. The molecule has 0 aromatic carbocycles. The van der Waals surface area contributed by atoms with Gasteiger partial charge in [0.15, 0.2) is 0 Å². The van der Waals surface area contributed by atoms with Crippen LogP contribution in [0.3, 0.4) is 0 Å². The van der Waals surface area contributed by atoms with Gasteiger partial charge in [-0.2, -0.15) is 0 Å². The second-order valence-electron chi connectivity index (χ2n) is 4.75.